The van der Waals surface area contributed by atoms with Gasteiger partial charge in [0.1, 0.15) is 11.5 Å². The van der Waals surface area contributed by atoms with Gasteiger partial charge in [-0.15, -0.1) is 5.10 Å². The third kappa shape index (κ3) is 2.82. The summed E-state index contributed by atoms with van der Waals surface area (Å²) in [5, 5.41) is 13.9. The summed E-state index contributed by atoms with van der Waals surface area (Å²) < 4.78 is 21.1. The molecule has 126 valence electrons. The second kappa shape index (κ2) is 5.78. The number of nitrogens with one attached hydrogen (secondary N) is 1. The van der Waals surface area contributed by atoms with Crippen molar-refractivity contribution in [3.8, 4) is 23.0 Å². The molecule has 25 heavy (non-hydrogen) atoms. The maximum atomic E-state index is 12.2. The van der Waals surface area contributed by atoms with E-state index in [1.807, 2.05) is 6.92 Å². The molecule has 4 aromatic rings. The van der Waals surface area contributed by atoms with Gasteiger partial charge in [0.25, 0.3) is 11.8 Å². The van der Waals surface area contributed by atoms with Crippen molar-refractivity contribution in [2.75, 3.05) is 5.32 Å². The Labute approximate surface area is 140 Å². The second-order valence-electron chi connectivity index (χ2n) is 5.25. The molecule has 4 rings (SSSR count). The first kappa shape index (κ1) is 14.9. The van der Waals surface area contributed by atoms with E-state index in [0.717, 1.165) is 5.76 Å². The Bertz CT molecular complexity index is 1020. The molecule has 0 aliphatic rings. The predicted molar refractivity (Wildman–Crippen MR) is 83.6 cm³/mol. The molecule has 0 aliphatic carbocycles. The van der Waals surface area contributed by atoms with Crippen LogP contribution in [0.4, 0.5) is 6.01 Å². The highest BCUT2D eigenvalue weighted by Crippen LogP contribution is 2.26. The summed E-state index contributed by atoms with van der Waals surface area (Å²) in [6, 6.07) is 6.58. The minimum absolute atomic E-state index is 0.0548. The topological polar surface area (TPSA) is 120 Å². The lowest BCUT2D eigenvalue weighted by Gasteiger charge is -1.94. The fraction of sp³-hybridized carbons (Fsp3) is 0.125. The largest absolute Gasteiger partial charge is 0.466 e. The van der Waals surface area contributed by atoms with Crippen LogP contribution in [0.2, 0.25) is 0 Å². The van der Waals surface area contributed by atoms with Crippen LogP contribution < -0.4 is 5.32 Å². The van der Waals surface area contributed by atoms with Crippen molar-refractivity contribution in [1.29, 1.82) is 0 Å². The predicted octanol–water partition coefficient (Wildman–Crippen LogP) is 3.45. The molecule has 1 N–H and O–H groups in total. The number of aryl methyl sites for hydroxylation is 2. The van der Waals surface area contributed by atoms with Gasteiger partial charge in [-0.1, -0.05) is 10.3 Å². The van der Waals surface area contributed by atoms with E-state index >= 15 is 0 Å². The molecule has 0 atom stereocenters. The lowest BCUT2D eigenvalue weighted by molar-refractivity contribution is 0.101. The van der Waals surface area contributed by atoms with Gasteiger partial charge in [0, 0.05) is 6.07 Å². The number of carbonyl (C=O) groups excluding carboxylic acids is 1. The van der Waals surface area contributed by atoms with Crippen LogP contribution in [0.1, 0.15) is 22.0 Å². The quantitative estimate of drug-likeness (QED) is 0.599. The number of carbonyl (C=O) groups is 1. The van der Waals surface area contributed by atoms with Crippen LogP contribution in [0.3, 0.4) is 0 Å². The average Bonchev–Trinajstić information content (AvgIpc) is 3.34. The zero-order chi connectivity index (χ0) is 17.4. The van der Waals surface area contributed by atoms with Crippen molar-refractivity contribution in [1.82, 2.24) is 15.4 Å². The molecule has 9 heteroatoms. The molecule has 0 unspecified atom stereocenters. The average molecular weight is 340 g/mol. The van der Waals surface area contributed by atoms with E-state index in [9.17, 15) is 4.79 Å². The van der Waals surface area contributed by atoms with Crippen LogP contribution in [-0.4, -0.2) is 21.3 Å². The van der Waals surface area contributed by atoms with Crippen molar-refractivity contribution < 1.29 is 22.6 Å². The third-order valence-corrected chi connectivity index (χ3v) is 3.42. The monoisotopic (exact) mass is 340 g/mol. The smallest absolute Gasteiger partial charge is 0.322 e. The maximum Gasteiger partial charge on any atom is 0.322 e. The summed E-state index contributed by atoms with van der Waals surface area (Å²) in [6.45, 7) is 3.60. The summed E-state index contributed by atoms with van der Waals surface area (Å²) in [4.78, 5) is 12.2. The van der Waals surface area contributed by atoms with Gasteiger partial charge in [-0.2, -0.15) is 0 Å². The highest BCUT2D eigenvalue weighted by molar-refractivity contribution is 6.02. The standard InChI is InChI=1S/C16H12N4O5/c1-8-6-10(9(2)23-8)15-18-19-16(24-15)17-14(21)11-7-13(25-20-11)12-4-3-5-22-12/h3-7H,1-2H3,(H,17,19,21). The van der Waals surface area contributed by atoms with Gasteiger partial charge >= 0.3 is 6.01 Å². The molecule has 1 amide bonds. The van der Waals surface area contributed by atoms with Crippen molar-refractivity contribution in [3.05, 3.63) is 47.7 Å². The summed E-state index contributed by atoms with van der Waals surface area (Å²) in [6.07, 6.45) is 1.50. The number of hydrogen-bond donors (Lipinski definition) is 1. The molecule has 0 fully saturated rings. The molecule has 0 saturated heterocycles. The first-order valence-corrected chi connectivity index (χ1v) is 7.33. The van der Waals surface area contributed by atoms with Crippen molar-refractivity contribution in [2.45, 2.75) is 13.8 Å². The Morgan fingerprint density at radius 1 is 1.12 bits per heavy atom. The van der Waals surface area contributed by atoms with Crippen LogP contribution in [0.15, 0.2) is 48.3 Å². The Balaban J connectivity index is 1.51. The van der Waals surface area contributed by atoms with Crippen LogP contribution in [0.5, 0.6) is 0 Å². The van der Waals surface area contributed by atoms with Gasteiger partial charge in [0.15, 0.2) is 11.5 Å². The van der Waals surface area contributed by atoms with Gasteiger partial charge < -0.3 is 17.8 Å². The van der Waals surface area contributed by atoms with E-state index in [1.165, 1.54) is 12.3 Å². The van der Waals surface area contributed by atoms with E-state index in [2.05, 4.69) is 20.7 Å². The molecule has 0 spiro atoms. The molecule has 0 radical (unpaired) electrons. The highest BCUT2D eigenvalue weighted by Gasteiger charge is 2.19. The molecule has 0 bridgehead atoms. The fourth-order valence-corrected chi connectivity index (χ4v) is 2.30. The van der Waals surface area contributed by atoms with E-state index in [0.29, 0.717) is 22.8 Å². The minimum Gasteiger partial charge on any atom is -0.466 e. The lowest BCUT2D eigenvalue weighted by Crippen LogP contribution is -2.12. The molecular weight excluding hydrogens is 328 g/mol. The number of hydrogen-bond acceptors (Lipinski definition) is 8. The second-order valence-corrected chi connectivity index (χ2v) is 5.25. The fourth-order valence-electron chi connectivity index (χ4n) is 2.30. The summed E-state index contributed by atoms with van der Waals surface area (Å²) >= 11 is 0. The van der Waals surface area contributed by atoms with Crippen molar-refractivity contribution in [2.24, 2.45) is 0 Å². The van der Waals surface area contributed by atoms with Gasteiger partial charge in [0.05, 0.1) is 11.8 Å². The Hall–Kier alpha value is -3.62. The number of anilines is 1. The van der Waals surface area contributed by atoms with E-state index < -0.39 is 5.91 Å². The normalized spacial score (nSPS) is 11.0. The minimum atomic E-state index is -0.545. The van der Waals surface area contributed by atoms with Crippen LogP contribution in [0.25, 0.3) is 23.0 Å². The number of nitrogens with zero attached hydrogens (tertiary/aromatic N) is 3. The highest BCUT2D eigenvalue weighted by atomic mass is 16.5. The lowest BCUT2D eigenvalue weighted by atomic mass is 10.2. The molecule has 4 aromatic heterocycles. The summed E-state index contributed by atoms with van der Waals surface area (Å²) in [5.41, 5.74) is 0.730. The SMILES string of the molecule is Cc1cc(-c2nnc(NC(=O)c3cc(-c4ccco4)on3)o2)c(C)o1. The van der Waals surface area contributed by atoms with E-state index in [4.69, 9.17) is 17.8 Å². The van der Waals surface area contributed by atoms with Gasteiger partial charge in [0.2, 0.25) is 5.76 Å². The molecule has 4 heterocycles. The molecular formula is C16H12N4O5. The van der Waals surface area contributed by atoms with Crippen molar-refractivity contribution in [3.63, 3.8) is 0 Å². The third-order valence-electron chi connectivity index (χ3n) is 3.42. The maximum absolute atomic E-state index is 12.2. The first-order chi connectivity index (χ1) is 12.1. The molecule has 0 aliphatic heterocycles. The Morgan fingerprint density at radius 2 is 2.00 bits per heavy atom. The van der Waals surface area contributed by atoms with Crippen molar-refractivity contribution >= 4 is 11.9 Å². The number of aromatic nitrogens is 3. The van der Waals surface area contributed by atoms with E-state index in [1.54, 1.807) is 25.1 Å². The van der Waals surface area contributed by atoms with Crippen LogP contribution in [0, 0.1) is 13.8 Å². The molecule has 0 saturated carbocycles. The Kier molecular flexibility index (Phi) is 3.46. The zero-order valence-electron chi connectivity index (χ0n) is 13.3. The van der Waals surface area contributed by atoms with Gasteiger partial charge in [-0.3, -0.25) is 10.1 Å². The van der Waals surface area contributed by atoms with E-state index in [-0.39, 0.29) is 17.6 Å². The molecule has 9 nitrogen and oxygen atoms in total. The Morgan fingerprint density at radius 3 is 2.72 bits per heavy atom. The zero-order valence-corrected chi connectivity index (χ0v) is 13.3. The first-order valence-electron chi connectivity index (χ1n) is 7.33. The molecule has 0 aromatic carbocycles. The van der Waals surface area contributed by atoms with Crippen LogP contribution >= 0.6 is 0 Å². The van der Waals surface area contributed by atoms with Crippen LogP contribution in [-0.2, 0) is 0 Å². The van der Waals surface area contributed by atoms with Gasteiger partial charge in [-0.25, -0.2) is 0 Å². The number of amides is 1. The number of furan rings is 2. The van der Waals surface area contributed by atoms with Gasteiger partial charge in [-0.05, 0) is 32.0 Å². The summed E-state index contributed by atoms with van der Waals surface area (Å²) in [7, 11) is 0. The summed E-state index contributed by atoms with van der Waals surface area (Å²) in [5.74, 6) is 1.89. The number of rotatable bonds is 4.